The van der Waals surface area contributed by atoms with E-state index in [0.29, 0.717) is 5.56 Å². The number of aliphatic hydroxyl groups excluding tert-OH is 1. The number of H-pyrrole nitrogens is 1. The smallest absolute Gasteiger partial charge is 0.457 e. The zero-order valence-electron chi connectivity index (χ0n) is 35.6. The third kappa shape index (κ3) is 10.8. The number of aromatic amines is 1. The number of aryl methyl sites for hydroxylation is 3. The van der Waals surface area contributed by atoms with Gasteiger partial charge < -0.3 is 34.2 Å². The number of imidazole rings is 1. The van der Waals surface area contributed by atoms with Gasteiger partial charge in [-0.3, -0.25) is 37.3 Å². The van der Waals surface area contributed by atoms with Crippen molar-refractivity contribution in [2.75, 3.05) is 38.3 Å². The van der Waals surface area contributed by atoms with Crippen molar-refractivity contribution in [2.24, 2.45) is 0 Å². The molecule has 7 rings (SSSR count). The number of aliphatic hydroxyl groups is 1. The molecule has 0 bridgehead atoms. The molecule has 0 spiro atoms. The Labute approximate surface area is 370 Å². The van der Waals surface area contributed by atoms with Crippen molar-refractivity contribution in [3.05, 3.63) is 127 Å². The van der Waals surface area contributed by atoms with Crippen molar-refractivity contribution in [1.29, 1.82) is 0 Å². The molecule has 1 amide bonds. The average Bonchev–Trinajstić information content (AvgIpc) is 4.02. The fraction of sp³-hybridized carbons (Fsp3) is 0.405. The van der Waals surface area contributed by atoms with Crippen LogP contribution in [0.4, 0.5) is 5.82 Å². The Morgan fingerprint density at radius 1 is 0.938 bits per heavy atom. The monoisotopic (exact) mass is 916 g/mol. The van der Waals surface area contributed by atoms with Crippen LogP contribution in [0.2, 0.25) is 0 Å². The first-order chi connectivity index (χ1) is 31.2. The fourth-order valence-electron chi connectivity index (χ4n) is 7.21. The number of amides is 1. The van der Waals surface area contributed by atoms with E-state index in [4.69, 9.17) is 39.1 Å². The molecule has 5 heterocycles. The predicted molar refractivity (Wildman–Crippen MR) is 227 cm³/mol. The number of esters is 2. The van der Waals surface area contributed by atoms with E-state index in [1.54, 1.807) is 42.5 Å². The maximum absolute atomic E-state index is 14.4. The molecule has 2 saturated heterocycles. The summed E-state index contributed by atoms with van der Waals surface area (Å²) in [4.78, 5) is 82.4. The van der Waals surface area contributed by atoms with Gasteiger partial charge in [0.15, 0.2) is 23.6 Å². The van der Waals surface area contributed by atoms with Crippen LogP contribution < -0.4 is 16.6 Å². The normalized spacial score (nSPS) is 21.4. The second kappa shape index (κ2) is 20.2. The maximum Gasteiger partial charge on any atom is 0.475 e. The summed E-state index contributed by atoms with van der Waals surface area (Å²) in [5.74, 6) is -2.02. The highest BCUT2D eigenvalue weighted by Gasteiger charge is 2.46. The average molecular weight is 917 g/mol. The van der Waals surface area contributed by atoms with Crippen molar-refractivity contribution in [3.63, 3.8) is 0 Å². The van der Waals surface area contributed by atoms with Gasteiger partial charge in [-0.1, -0.05) is 18.2 Å². The van der Waals surface area contributed by atoms with E-state index >= 15 is 0 Å². The quantitative estimate of drug-likeness (QED) is 0.0520. The number of phosphoric acid groups is 1. The molecule has 23 heteroatoms. The molecule has 2 fully saturated rings. The largest absolute Gasteiger partial charge is 0.475 e. The van der Waals surface area contributed by atoms with Crippen LogP contribution in [0.25, 0.3) is 16.0 Å². The minimum absolute atomic E-state index is 0.0625. The SMILES string of the molecule is [C-]#[N+]CCOP(=O)(OCC1OC(n2cnc3c(NC(=O)c4ccccc4)ncnc32)CC1OC(=O)COC(=O)c1cc(C)c(C)c(C)c1)OC1CC(n2cc(C)c(=O)[nH]c2=O)OC1CO. The van der Waals surface area contributed by atoms with Crippen LogP contribution in [0.3, 0.4) is 0 Å². The molecule has 7 unspecified atom stereocenters. The number of carbonyl (C=O) groups is 3. The highest BCUT2D eigenvalue weighted by molar-refractivity contribution is 7.48. The van der Waals surface area contributed by atoms with Gasteiger partial charge in [0.1, 0.15) is 49.8 Å². The van der Waals surface area contributed by atoms with Gasteiger partial charge in [-0.2, -0.15) is 0 Å². The maximum atomic E-state index is 14.4. The first kappa shape index (κ1) is 46.5. The number of fused-ring (bicyclic) bond motifs is 1. The molecule has 0 saturated carbocycles. The van der Waals surface area contributed by atoms with Crippen LogP contribution in [-0.2, 0) is 41.9 Å². The van der Waals surface area contributed by atoms with Crippen LogP contribution in [0.5, 0.6) is 0 Å². The van der Waals surface area contributed by atoms with Crippen LogP contribution in [0, 0.1) is 34.3 Å². The minimum atomic E-state index is -4.70. The van der Waals surface area contributed by atoms with E-state index in [-0.39, 0.29) is 47.5 Å². The van der Waals surface area contributed by atoms with Crippen molar-refractivity contribution >= 4 is 42.7 Å². The number of benzene rings is 2. The molecule has 65 heavy (non-hydrogen) atoms. The first-order valence-electron chi connectivity index (χ1n) is 20.3. The molecule has 22 nitrogen and oxygen atoms in total. The van der Waals surface area contributed by atoms with E-state index in [1.807, 2.05) is 20.8 Å². The van der Waals surface area contributed by atoms with E-state index in [2.05, 4.69) is 30.1 Å². The first-order valence-corrected chi connectivity index (χ1v) is 21.8. The number of anilines is 1. The number of nitrogens with zero attached hydrogens (tertiary/aromatic N) is 6. The van der Waals surface area contributed by atoms with E-state index in [0.717, 1.165) is 21.3 Å². The highest BCUT2D eigenvalue weighted by Crippen LogP contribution is 2.53. The summed E-state index contributed by atoms with van der Waals surface area (Å²) < 4.78 is 57.5. The number of rotatable bonds is 17. The molecule has 0 aliphatic carbocycles. The summed E-state index contributed by atoms with van der Waals surface area (Å²) >= 11 is 0. The Balaban J connectivity index is 1.11. The Morgan fingerprint density at radius 2 is 1.65 bits per heavy atom. The van der Waals surface area contributed by atoms with Crippen LogP contribution in [-0.4, -0.2) is 109 Å². The highest BCUT2D eigenvalue weighted by atomic mass is 31.2. The number of hydrogen-bond donors (Lipinski definition) is 3. The molecule has 2 aliphatic heterocycles. The van der Waals surface area contributed by atoms with Gasteiger partial charge in [-0.05, 0) is 68.7 Å². The summed E-state index contributed by atoms with van der Waals surface area (Å²) in [6.45, 7) is 11.7. The Bertz CT molecular complexity index is 2770. The lowest BCUT2D eigenvalue weighted by Gasteiger charge is -2.25. The van der Waals surface area contributed by atoms with E-state index in [1.165, 1.54) is 30.3 Å². The van der Waals surface area contributed by atoms with Crippen molar-refractivity contribution < 1.29 is 56.6 Å². The van der Waals surface area contributed by atoms with Gasteiger partial charge in [0.25, 0.3) is 11.5 Å². The summed E-state index contributed by atoms with van der Waals surface area (Å²) in [6.07, 6.45) is -3.04. The predicted octanol–water partition coefficient (Wildman–Crippen LogP) is 3.64. The van der Waals surface area contributed by atoms with Crippen LogP contribution in [0.15, 0.2) is 70.9 Å². The lowest BCUT2D eigenvalue weighted by molar-refractivity contribution is -0.156. The molecule has 3 N–H and O–H groups in total. The second-order valence-electron chi connectivity index (χ2n) is 15.2. The van der Waals surface area contributed by atoms with Gasteiger partial charge >= 0.3 is 25.5 Å². The molecular formula is C42H45N8O14P. The van der Waals surface area contributed by atoms with Crippen LogP contribution in [0.1, 0.15) is 68.3 Å². The fourth-order valence-corrected chi connectivity index (χ4v) is 8.59. The lowest BCUT2D eigenvalue weighted by Crippen LogP contribution is -2.33. The standard InChI is InChI=1S/C42H45N8O14P/c1-23-13-28(14-24(2)26(23)4)41(55)58-20-35(52)63-29-15-34(50-22-46-36-37(44-21-45-38(36)50)47-40(54)27-9-7-6-8-10-27)62-32(29)19-60-65(57,59-12-11-43-5)64-30-16-33(61-31(30)18-51)49-17-25(3)39(53)48-42(49)56/h6-10,13-14,17,21-22,29-34,51H,11-12,15-16,18-20H2,1-4H3,(H,48,53,56)(H,44,45,47,54). The number of phosphoric ester groups is 1. The lowest BCUT2D eigenvalue weighted by atomic mass is 10.0. The third-order valence-electron chi connectivity index (χ3n) is 10.8. The Hall–Kier alpha value is -6.44. The summed E-state index contributed by atoms with van der Waals surface area (Å²) in [5, 5.41) is 12.9. The molecule has 3 aromatic heterocycles. The van der Waals surface area contributed by atoms with Gasteiger partial charge in [0.05, 0.1) is 25.1 Å². The van der Waals surface area contributed by atoms with Gasteiger partial charge in [-0.25, -0.2) is 40.5 Å². The van der Waals surface area contributed by atoms with Crippen molar-refractivity contribution in [1.82, 2.24) is 29.1 Å². The number of ether oxygens (including phenoxy) is 4. The summed E-state index contributed by atoms with van der Waals surface area (Å²) in [7, 11) is -4.70. The molecule has 342 valence electrons. The molecule has 2 aromatic carbocycles. The summed E-state index contributed by atoms with van der Waals surface area (Å²) in [5.41, 5.74) is 2.64. The number of aromatic nitrogens is 6. The van der Waals surface area contributed by atoms with E-state index in [9.17, 15) is 33.6 Å². The Kier molecular flexibility index (Phi) is 14.4. The molecule has 0 radical (unpaired) electrons. The zero-order chi connectivity index (χ0) is 46.4. The second-order valence-corrected chi connectivity index (χ2v) is 16.8. The Morgan fingerprint density at radius 3 is 2.37 bits per heavy atom. The third-order valence-corrected chi connectivity index (χ3v) is 12.3. The molecule has 2 aliphatic rings. The molecule has 5 aromatic rings. The zero-order valence-corrected chi connectivity index (χ0v) is 36.5. The molecular weight excluding hydrogens is 871 g/mol. The van der Waals surface area contributed by atoms with Gasteiger partial charge in [0, 0.05) is 30.2 Å². The molecule has 7 atom stereocenters. The van der Waals surface area contributed by atoms with Crippen molar-refractivity contribution in [2.45, 2.75) is 77.4 Å². The number of nitrogens with one attached hydrogen (secondary N) is 2. The van der Waals surface area contributed by atoms with Crippen LogP contribution >= 0.6 is 7.82 Å². The summed E-state index contributed by atoms with van der Waals surface area (Å²) in [6, 6.07) is 11.8. The van der Waals surface area contributed by atoms with Crippen molar-refractivity contribution in [3.8, 4) is 0 Å². The number of carbonyl (C=O) groups excluding carboxylic acids is 3. The number of hydrogen-bond acceptors (Lipinski definition) is 17. The topological polar surface area (TPSA) is 268 Å². The van der Waals surface area contributed by atoms with E-state index < -0.39 is 100 Å². The van der Waals surface area contributed by atoms with Gasteiger partial charge in [-0.15, -0.1) is 0 Å². The van der Waals surface area contributed by atoms with Gasteiger partial charge in [0.2, 0.25) is 6.54 Å². The minimum Gasteiger partial charge on any atom is -0.457 e.